The van der Waals surface area contributed by atoms with Gasteiger partial charge in [0.15, 0.2) is 5.65 Å². The molecule has 0 aromatic carbocycles. The Bertz CT molecular complexity index is 1060. The molecule has 1 amide bonds. The summed E-state index contributed by atoms with van der Waals surface area (Å²) in [6.07, 6.45) is 7.60. The monoisotopic (exact) mass is 423 g/mol. The molecule has 4 rings (SSSR count). The van der Waals surface area contributed by atoms with E-state index in [1.54, 1.807) is 6.20 Å². The maximum absolute atomic E-state index is 12.7. The number of pyridine rings is 1. The van der Waals surface area contributed by atoms with Crippen LogP contribution in [0.4, 0.5) is 5.69 Å². The van der Waals surface area contributed by atoms with Gasteiger partial charge in [0.1, 0.15) is 5.69 Å². The summed E-state index contributed by atoms with van der Waals surface area (Å²) >= 11 is 0. The number of ether oxygens (including phenoxy) is 1. The van der Waals surface area contributed by atoms with Crippen molar-refractivity contribution in [3.05, 3.63) is 41.2 Å². The van der Waals surface area contributed by atoms with E-state index in [0.717, 1.165) is 72.7 Å². The molecule has 0 atom stereocenters. The van der Waals surface area contributed by atoms with E-state index in [2.05, 4.69) is 39.5 Å². The van der Waals surface area contributed by atoms with Gasteiger partial charge in [0.05, 0.1) is 29.2 Å². The highest BCUT2D eigenvalue weighted by Gasteiger charge is 2.22. The number of anilines is 1. The molecule has 1 saturated heterocycles. The predicted molar refractivity (Wildman–Crippen MR) is 118 cm³/mol. The number of carbonyl (C=O) groups is 1. The Hall–Kier alpha value is -3.07. The number of aryl methyl sites for hydroxylation is 3. The largest absolute Gasteiger partial charge is 0.381 e. The van der Waals surface area contributed by atoms with Crippen LogP contribution in [0.3, 0.4) is 0 Å². The molecular formula is C22H29N7O2. The fourth-order valence-electron chi connectivity index (χ4n) is 3.87. The highest BCUT2D eigenvalue weighted by Crippen LogP contribution is 2.31. The third kappa shape index (κ3) is 4.51. The van der Waals surface area contributed by atoms with Gasteiger partial charge in [-0.05, 0) is 33.1 Å². The van der Waals surface area contributed by atoms with Gasteiger partial charge in [-0.1, -0.05) is 6.92 Å². The molecule has 9 nitrogen and oxygen atoms in total. The van der Waals surface area contributed by atoms with Crippen molar-refractivity contribution in [3.8, 4) is 0 Å². The van der Waals surface area contributed by atoms with E-state index in [4.69, 9.17) is 9.72 Å². The van der Waals surface area contributed by atoms with Crippen molar-refractivity contribution >= 4 is 22.6 Å². The van der Waals surface area contributed by atoms with Crippen LogP contribution in [0.1, 0.15) is 54.1 Å². The summed E-state index contributed by atoms with van der Waals surface area (Å²) in [5, 5.41) is 12.2. The second-order valence-electron chi connectivity index (χ2n) is 7.72. The molecule has 31 heavy (non-hydrogen) atoms. The molecule has 2 N–H and O–H groups in total. The van der Waals surface area contributed by atoms with Crippen molar-refractivity contribution < 1.29 is 9.53 Å². The van der Waals surface area contributed by atoms with Crippen molar-refractivity contribution in [2.24, 2.45) is 0 Å². The number of nitrogens with zero attached hydrogens (tertiary/aromatic N) is 5. The molecule has 9 heteroatoms. The quantitative estimate of drug-likeness (QED) is 0.601. The van der Waals surface area contributed by atoms with Crippen molar-refractivity contribution in [1.29, 1.82) is 0 Å². The first kappa shape index (κ1) is 21.2. The van der Waals surface area contributed by atoms with Gasteiger partial charge in [-0.25, -0.2) is 14.6 Å². The number of aromatic nitrogens is 5. The predicted octanol–water partition coefficient (Wildman–Crippen LogP) is 2.63. The summed E-state index contributed by atoms with van der Waals surface area (Å²) < 4.78 is 7.43. The summed E-state index contributed by atoms with van der Waals surface area (Å²) in [4.78, 5) is 25.9. The average Bonchev–Trinajstić information content (AvgIpc) is 3.22. The van der Waals surface area contributed by atoms with Crippen LogP contribution < -0.4 is 10.6 Å². The molecule has 0 unspecified atom stereocenters. The van der Waals surface area contributed by atoms with Crippen LogP contribution in [0, 0.1) is 6.92 Å². The topological polar surface area (TPSA) is 107 Å². The molecule has 0 spiro atoms. The molecule has 1 aliphatic heterocycles. The Morgan fingerprint density at radius 2 is 2.00 bits per heavy atom. The Morgan fingerprint density at radius 1 is 1.19 bits per heavy atom. The molecule has 0 saturated carbocycles. The summed E-state index contributed by atoms with van der Waals surface area (Å²) in [7, 11) is 0. The van der Waals surface area contributed by atoms with Crippen LogP contribution in [0.15, 0.2) is 18.6 Å². The lowest BCUT2D eigenvalue weighted by Gasteiger charge is -2.26. The lowest BCUT2D eigenvalue weighted by atomic mass is 10.0. The molecule has 1 aliphatic rings. The number of amides is 1. The number of rotatable bonds is 7. The lowest BCUT2D eigenvalue weighted by molar-refractivity contribution is 0.0904. The van der Waals surface area contributed by atoms with E-state index in [1.807, 2.05) is 17.8 Å². The molecule has 3 aromatic rings. The first-order valence-electron chi connectivity index (χ1n) is 10.9. The first-order chi connectivity index (χ1) is 15.1. The van der Waals surface area contributed by atoms with Crippen LogP contribution >= 0.6 is 0 Å². The van der Waals surface area contributed by atoms with Gasteiger partial charge in [0.2, 0.25) is 0 Å². The average molecular weight is 424 g/mol. The zero-order valence-electron chi connectivity index (χ0n) is 18.3. The Morgan fingerprint density at radius 3 is 2.68 bits per heavy atom. The summed E-state index contributed by atoms with van der Waals surface area (Å²) in [6.45, 7) is 8.57. The molecule has 0 radical (unpaired) electrons. The smallest absolute Gasteiger partial charge is 0.271 e. The Labute approximate surface area is 181 Å². The van der Waals surface area contributed by atoms with Crippen molar-refractivity contribution in [1.82, 2.24) is 30.0 Å². The lowest BCUT2D eigenvalue weighted by Crippen LogP contribution is -2.30. The van der Waals surface area contributed by atoms with Gasteiger partial charge < -0.3 is 15.4 Å². The van der Waals surface area contributed by atoms with E-state index in [9.17, 15) is 4.79 Å². The molecule has 164 valence electrons. The second kappa shape index (κ2) is 9.38. The molecule has 1 fully saturated rings. The SMILES string of the molecule is CCc1nc2c(cnn2CC)c(NC2CCOCC2)c1CNC(=O)c1cnc(C)cn1. The minimum Gasteiger partial charge on any atom is -0.381 e. The zero-order chi connectivity index (χ0) is 21.8. The van der Waals surface area contributed by atoms with Crippen molar-refractivity contribution in [2.45, 2.75) is 59.2 Å². The number of fused-ring (bicyclic) bond motifs is 1. The van der Waals surface area contributed by atoms with Crippen LogP contribution in [-0.2, 0) is 24.2 Å². The van der Waals surface area contributed by atoms with Crippen LogP contribution in [0.2, 0.25) is 0 Å². The third-order valence-electron chi connectivity index (χ3n) is 5.62. The van der Waals surface area contributed by atoms with E-state index < -0.39 is 0 Å². The second-order valence-corrected chi connectivity index (χ2v) is 7.72. The fourth-order valence-corrected chi connectivity index (χ4v) is 3.87. The number of nitrogens with one attached hydrogen (secondary N) is 2. The molecule has 4 heterocycles. The standard InChI is InChI=1S/C22H29N7O2/c1-4-18-16(11-25-22(30)19-13-23-14(3)10-24-19)20(27-15-6-8-31-9-7-15)17-12-26-29(5-2)21(17)28-18/h10,12-13,15H,4-9,11H2,1-3H3,(H,25,30)(H,27,28). The van der Waals surface area contributed by atoms with Crippen LogP contribution in [-0.4, -0.2) is 49.9 Å². The highest BCUT2D eigenvalue weighted by atomic mass is 16.5. The Balaban J connectivity index is 1.68. The van der Waals surface area contributed by atoms with Gasteiger partial charge in [0.25, 0.3) is 5.91 Å². The molecule has 3 aromatic heterocycles. The van der Waals surface area contributed by atoms with E-state index in [0.29, 0.717) is 18.3 Å². The van der Waals surface area contributed by atoms with Crippen LogP contribution in [0.25, 0.3) is 11.0 Å². The van der Waals surface area contributed by atoms with E-state index >= 15 is 0 Å². The van der Waals surface area contributed by atoms with Gasteiger partial charge in [-0.2, -0.15) is 5.10 Å². The zero-order valence-corrected chi connectivity index (χ0v) is 18.3. The Kier molecular flexibility index (Phi) is 6.41. The van der Waals surface area contributed by atoms with Gasteiger partial charge in [0, 0.05) is 49.8 Å². The minimum atomic E-state index is -0.254. The molecular weight excluding hydrogens is 394 g/mol. The first-order valence-corrected chi connectivity index (χ1v) is 10.9. The minimum absolute atomic E-state index is 0.254. The summed E-state index contributed by atoms with van der Waals surface area (Å²) in [5.41, 5.74) is 4.89. The van der Waals surface area contributed by atoms with Crippen LogP contribution in [0.5, 0.6) is 0 Å². The van der Waals surface area contributed by atoms with E-state index in [1.165, 1.54) is 6.20 Å². The fraction of sp³-hybridized carbons (Fsp3) is 0.500. The highest BCUT2D eigenvalue weighted by molar-refractivity contribution is 5.94. The number of hydrogen-bond acceptors (Lipinski definition) is 7. The van der Waals surface area contributed by atoms with Gasteiger partial charge >= 0.3 is 0 Å². The third-order valence-corrected chi connectivity index (χ3v) is 5.62. The maximum atomic E-state index is 12.7. The van der Waals surface area contributed by atoms with E-state index in [-0.39, 0.29) is 5.91 Å². The van der Waals surface area contributed by atoms with Gasteiger partial charge in [-0.15, -0.1) is 0 Å². The normalized spacial score (nSPS) is 14.7. The summed E-state index contributed by atoms with van der Waals surface area (Å²) in [5.74, 6) is -0.254. The maximum Gasteiger partial charge on any atom is 0.271 e. The number of carbonyl (C=O) groups excluding carboxylic acids is 1. The van der Waals surface area contributed by atoms with Gasteiger partial charge in [-0.3, -0.25) is 9.78 Å². The van der Waals surface area contributed by atoms with Crippen molar-refractivity contribution in [2.75, 3.05) is 18.5 Å². The van der Waals surface area contributed by atoms with Crippen molar-refractivity contribution in [3.63, 3.8) is 0 Å². The molecule has 0 bridgehead atoms. The summed E-state index contributed by atoms with van der Waals surface area (Å²) in [6, 6.07) is 0.312. The molecule has 0 aliphatic carbocycles. The number of hydrogen-bond donors (Lipinski definition) is 2.